The van der Waals surface area contributed by atoms with Crippen LogP contribution < -0.4 is 0 Å². The van der Waals surface area contributed by atoms with E-state index in [0.717, 1.165) is 6.04 Å². The van der Waals surface area contributed by atoms with Crippen molar-refractivity contribution in [1.82, 2.24) is 0 Å². The highest BCUT2D eigenvalue weighted by atomic mass is 35.5. The predicted octanol–water partition coefficient (Wildman–Crippen LogP) is 3.23. The van der Waals surface area contributed by atoms with E-state index in [4.69, 9.17) is 16.0 Å². The molecule has 0 unspecified atom stereocenters. The molecule has 0 spiro atoms. The van der Waals surface area contributed by atoms with Gasteiger partial charge in [0.2, 0.25) is 0 Å². The van der Waals surface area contributed by atoms with Gasteiger partial charge in [0.1, 0.15) is 0 Å². The topological polar surface area (TPSA) is 9.23 Å². The molecule has 1 aromatic carbocycles. The Kier molecular flexibility index (Phi) is 4.65. The SMILES string of the molecule is C[Si](C)(Cc1ccccc1)OCCCl. The summed E-state index contributed by atoms with van der Waals surface area (Å²) in [6.07, 6.45) is 0. The summed E-state index contributed by atoms with van der Waals surface area (Å²) < 4.78 is 5.79. The molecule has 3 heteroatoms. The highest BCUT2D eigenvalue weighted by molar-refractivity contribution is 6.70. The second kappa shape index (κ2) is 5.54. The van der Waals surface area contributed by atoms with Gasteiger partial charge in [0, 0.05) is 12.5 Å². The smallest absolute Gasteiger partial charge is 0.191 e. The second-order valence-corrected chi connectivity index (χ2v) is 8.50. The first-order valence-corrected chi connectivity index (χ1v) is 8.53. The number of hydrogen-bond acceptors (Lipinski definition) is 1. The molecule has 0 aliphatic carbocycles. The quantitative estimate of drug-likeness (QED) is 0.556. The van der Waals surface area contributed by atoms with Gasteiger partial charge in [-0.2, -0.15) is 0 Å². The van der Waals surface area contributed by atoms with Crippen molar-refractivity contribution in [3.63, 3.8) is 0 Å². The van der Waals surface area contributed by atoms with Gasteiger partial charge in [-0.25, -0.2) is 0 Å². The van der Waals surface area contributed by atoms with E-state index in [1.54, 1.807) is 0 Å². The molecule has 1 aromatic rings. The van der Waals surface area contributed by atoms with Crippen LogP contribution in [0.4, 0.5) is 0 Å². The molecule has 0 atom stereocenters. The molecular weight excluding hydrogens is 212 g/mol. The van der Waals surface area contributed by atoms with E-state index >= 15 is 0 Å². The second-order valence-electron chi connectivity index (χ2n) is 3.96. The van der Waals surface area contributed by atoms with Gasteiger partial charge in [0.05, 0.1) is 0 Å². The van der Waals surface area contributed by atoms with E-state index < -0.39 is 8.32 Å². The molecule has 0 heterocycles. The average Bonchev–Trinajstić information content (AvgIpc) is 2.16. The lowest BCUT2D eigenvalue weighted by molar-refractivity contribution is 0.331. The molecule has 0 fully saturated rings. The number of halogens is 1. The molecule has 0 aliphatic rings. The third-order valence-corrected chi connectivity index (χ3v) is 4.44. The van der Waals surface area contributed by atoms with Crippen molar-refractivity contribution in [2.45, 2.75) is 19.1 Å². The van der Waals surface area contributed by atoms with Gasteiger partial charge in [-0.1, -0.05) is 30.3 Å². The summed E-state index contributed by atoms with van der Waals surface area (Å²) in [6.45, 7) is 5.13. The van der Waals surface area contributed by atoms with Crippen molar-refractivity contribution < 1.29 is 4.43 Å². The van der Waals surface area contributed by atoms with Gasteiger partial charge in [-0.15, -0.1) is 11.6 Å². The fourth-order valence-electron chi connectivity index (χ4n) is 1.45. The van der Waals surface area contributed by atoms with Crippen molar-refractivity contribution in [1.29, 1.82) is 0 Å². The zero-order valence-corrected chi connectivity index (χ0v) is 10.6. The van der Waals surface area contributed by atoms with Gasteiger partial charge in [-0.3, -0.25) is 0 Å². The standard InChI is InChI=1S/C11H17ClOSi/c1-14(2,13-9-8-12)10-11-6-4-3-5-7-11/h3-7H,8-10H2,1-2H3. The third-order valence-electron chi connectivity index (χ3n) is 2.04. The summed E-state index contributed by atoms with van der Waals surface area (Å²) >= 11 is 5.61. The Bertz CT molecular complexity index is 261. The summed E-state index contributed by atoms with van der Waals surface area (Å²) in [4.78, 5) is 0. The Morgan fingerprint density at radius 2 is 1.86 bits per heavy atom. The summed E-state index contributed by atoms with van der Waals surface area (Å²) in [5, 5.41) is 0. The lowest BCUT2D eigenvalue weighted by Crippen LogP contribution is -2.34. The molecule has 0 radical (unpaired) electrons. The molecule has 0 bridgehead atoms. The predicted molar refractivity (Wildman–Crippen MR) is 64.3 cm³/mol. The summed E-state index contributed by atoms with van der Waals surface area (Å²) in [6, 6.07) is 11.5. The average molecular weight is 229 g/mol. The van der Waals surface area contributed by atoms with Crippen LogP contribution >= 0.6 is 11.6 Å². The Labute approximate surface area is 92.2 Å². The zero-order valence-electron chi connectivity index (χ0n) is 8.79. The van der Waals surface area contributed by atoms with Crippen molar-refractivity contribution in [2.75, 3.05) is 12.5 Å². The van der Waals surface area contributed by atoms with Crippen LogP contribution in [0.15, 0.2) is 30.3 Å². The molecular formula is C11H17ClOSi. The van der Waals surface area contributed by atoms with Crippen LogP contribution in [0.2, 0.25) is 13.1 Å². The Morgan fingerprint density at radius 3 is 2.43 bits per heavy atom. The van der Waals surface area contributed by atoms with Crippen molar-refractivity contribution in [3.8, 4) is 0 Å². The maximum absolute atomic E-state index is 5.79. The third kappa shape index (κ3) is 4.27. The van der Waals surface area contributed by atoms with E-state index in [0.29, 0.717) is 12.5 Å². The number of hydrogen-bond donors (Lipinski definition) is 0. The molecule has 0 N–H and O–H groups in total. The van der Waals surface area contributed by atoms with E-state index in [2.05, 4.69) is 37.4 Å². The normalized spacial score (nSPS) is 11.6. The fourth-order valence-corrected chi connectivity index (χ4v) is 3.64. The molecule has 0 aromatic heterocycles. The van der Waals surface area contributed by atoms with Crippen LogP contribution in [0.5, 0.6) is 0 Å². The lowest BCUT2D eigenvalue weighted by Gasteiger charge is -2.22. The number of alkyl halides is 1. The van der Waals surface area contributed by atoms with Crippen LogP contribution in [0.3, 0.4) is 0 Å². The summed E-state index contributed by atoms with van der Waals surface area (Å²) in [5.74, 6) is 0.589. The Morgan fingerprint density at radius 1 is 1.21 bits per heavy atom. The van der Waals surface area contributed by atoms with Gasteiger partial charge in [0.25, 0.3) is 0 Å². The Balaban J connectivity index is 2.50. The van der Waals surface area contributed by atoms with E-state index in [1.165, 1.54) is 5.56 Å². The molecule has 14 heavy (non-hydrogen) atoms. The minimum Gasteiger partial charge on any atom is -0.416 e. The highest BCUT2D eigenvalue weighted by Crippen LogP contribution is 2.12. The van der Waals surface area contributed by atoms with Crippen molar-refractivity contribution >= 4 is 19.9 Å². The lowest BCUT2D eigenvalue weighted by atomic mass is 10.2. The van der Waals surface area contributed by atoms with Gasteiger partial charge >= 0.3 is 0 Å². The molecule has 78 valence electrons. The largest absolute Gasteiger partial charge is 0.416 e. The van der Waals surface area contributed by atoms with Gasteiger partial charge in [0.15, 0.2) is 8.32 Å². The van der Waals surface area contributed by atoms with Gasteiger partial charge < -0.3 is 4.43 Å². The van der Waals surface area contributed by atoms with E-state index in [9.17, 15) is 0 Å². The van der Waals surface area contributed by atoms with Crippen LogP contribution in [-0.2, 0) is 10.5 Å². The molecule has 1 nitrogen and oxygen atoms in total. The maximum Gasteiger partial charge on any atom is 0.191 e. The maximum atomic E-state index is 5.79. The van der Waals surface area contributed by atoms with Crippen LogP contribution in [-0.4, -0.2) is 20.8 Å². The minimum absolute atomic E-state index is 0.589. The monoisotopic (exact) mass is 228 g/mol. The van der Waals surface area contributed by atoms with Gasteiger partial charge in [-0.05, 0) is 24.7 Å². The number of benzene rings is 1. The zero-order chi connectivity index (χ0) is 10.4. The summed E-state index contributed by atoms with van der Waals surface area (Å²) in [5.41, 5.74) is 1.36. The highest BCUT2D eigenvalue weighted by Gasteiger charge is 2.22. The fraction of sp³-hybridized carbons (Fsp3) is 0.455. The first-order valence-electron chi connectivity index (χ1n) is 4.88. The molecule has 0 aliphatic heterocycles. The van der Waals surface area contributed by atoms with Crippen LogP contribution in [0, 0.1) is 0 Å². The first kappa shape index (κ1) is 11.8. The van der Waals surface area contributed by atoms with E-state index in [-0.39, 0.29) is 0 Å². The molecule has 0 saturated carbocycles. The summed E-state index contributed by atoms with van der Waals surface area (Å²) in [7, 11) is -1.55. The molecule has 0 amide bonds. The van der Waals surface area contributed by atoms with Crippen LogP contribution in [0.1, 0.15) is 5.56 Å². The first-order chi connectivity index (χ1) is 6.64. The van der Waals surface area contributed by atoms with Crippen molar-refractivity contribution in [3.05, 3.63) is 35.9 Å². The molecule has 1 rings (SSSR count). The van der Waals surface area contributed by atoms with E-state index in [1.807, 2.05) is 6.07 Å². The number of rotatable bonds is 5. The van der Waals surface area contributed by atoms with Crippen LogP contribution in [0.25, 0.3) is 0 Å². The molecule has 0 saturated heterocycles. The van der Waals surface area contributed by atoms with Crippen molar-refractivity contribution in [2.24, 2.45) is 0 Å². The minimum atomic E-state index is -1.55. The Hall–Kier alpha value is -0.313.